The molecule has 0 heterocycles. The zero-order valence-corrected chi connectivity index (χ0v) is 12.1. The predicted molar refractivity (Wildman–Crippen MR) is 61.2 cm³/mol. The summed E-state index contributed by atoms with van der Waals surface area (Å²) in [5, 5.41) is 9.46. The summed E-state index contributed by atoms with van der Waals surface area (Å²) in [4.78, 5) is 2.36. The normalized spacial score (nSPS) is 15.2. The van der Waals surface area contributed by atoms with E-state index in [1.54, 1.807) is 0 Å². The molecule has 0 aliphatic heterocycles. The number of hydrogen-bond acceptors (Lipinski definition) is 1. The summed E-state index contributed by atoms with van der Waals surface area (Å²) >= 11 is 0.252. The summed E-state index contributed by atoms with van der Waals surface area (Å²) in [5.41, 5.74) is 2.34. The van der Waals surface area contributed by atoms with Crippen LogP contribution in [0.15, 0.2) is 18.2 Å². The van der Waals surface area contributed by atoms with E-state index in [9.17, 15) is 5.11 Å². The van der Waals surface area contributed by atoms with Gasteiger partial charge < -0.3 is 0 Å². The van der Waals surface area contributed by atoms with Gasteiger partial charge in [0.15, 0.2) is 0 Å². The molecule has 1 N–H and O–H groups in total. The molecule has 15 heavy (non-hydrogen) atoms. The number of hydrogen-bond donors (Lipinski definition) is 1. The molecule has 1 aromatic carbocycles. The van der Waals surface area contributed by atoms with Gasteiger partial charge in [0.25, 0.3) is 0 Å². The number of benzene rings is 1. The van der Waals surface area contributed by atoms with Crippen molar-refractivity contribution in [3.63, 3.8) is 0 Å². The van der Waals surface area contributed by atoms with Crippen LogP contribution in [0.25, 0.3) is 0 Å². The average Bonchev–Trinajstić information content (AvgIpc) is 2.23. The number of phenolic OH excluding ortho intramolecular Hbond substituents is 1. The Morgan fingerprint density at radius 3 is 2.53 bits per heavy atom. The maximum absolute atomic E-state index is 9.46. The summed E-state index contributed by atoms with van der Waals surface area (Å²) in [5.74, 6) is 0.406. The third-order valence-electron chi connectivity index (χ3n) is 3.03. The Morgan fingerprint density at radius 2 is 2.07 bits per heavy atom. The molecule has 0 spiro atoms. The minimum absolute atomic E-state index is 0.252. The molecule has 0 amide bonds. The zero-order chi connectivity index (χ0) is 11.5. The number of halogens is 1. The Morgan fingerprint density at radius 1 is 1.40 bits per heavy atom. The Labute approximate surface area is 103 Å². The Bertz CT molecular complexity index is 329. The van der Waals surface area contributed by atoms with Gasteiger partial charge in [0, 0.05) is 0 Å². The van der Waals surface area contributed by atoms with E-state index in [0.29, 0.717) is 9.17 Å². The van der Waals surface area contributed by atoms with Crippen LogP contribution in [0.1, 0.15) is 31.4 Å². The van der Waals surface area contributed by atoms with E-state index in [-0.39, 0.29) is 21.2 Å². The molecule has 0 aliphatic carbocycles. The van der Waals surface area contributed by atoms with Crippen molar-refractivity contribution >= 4 is 0 Å². The van der Waals surface area contributed by atoms with Crippen molar-refractivity contribution in [2.45, 2.75) is 37.0 Å². The number of aromatic hydroxyl groups is 1. The fourth-order valence-corrected chi connectivity index (χ4v) is 3.16. The van der Waals surface area contributed by atoms with Gasteiger partial charge in [-0.15, -0.1) is 0 Å². The third-order valence-corrected chi connectivity index (χ3v) is 6.78. The molecule has 1 atom stereocenters. The number of phenols is 1. The Hall–Kier alpha value is -0.250. The van der Waals surface area contributed by atoms with E-state index in [2.05, 4.69) is 30.9 Å². The monoisotopic (exact) mass is 319 g/mol. The fourth-order valence-electron chi connectivity index (χ4n) is 1.58. The molecule has 0 saturated heterocycles. The van der Waals surface area contributed by atoms with E-state index in [0.717, 1.165) is 12.0 Å². The summed E-state index contributed by atoms with van der Waals surface area (Å²) in [6.07, 6.45) is 2.39. The predicted octanol–water partition coefficient (Wildman–Crippen LogP) is 0.131. The van der Waals surface area contributed by atoms with E-state index >= 15 is 0 Å². The quantitative estimate of drug-likeness (QED) is 0.618. The molecule has 86 valence electrons. The molecule has 0 unspecified atom stereocenters. The molecular formula is C13H20IO-. The SMILES string of the molecule is CC[C@@](C)(Cc1ccc(O)c(C)c1)[I-]C. The molecule has 1 aromatic rings. The van der Waals surface area contributed by atoms with Gasteiger partial charge in [-0.2, -0.15) is 0 Å². The van der Waals surface area contributed by atoms with Gasteiger partial charge in [0.05, 0.1) is 0 Å². The topological polar surface area (TPSA) is 20.2 Å². The molecule has 0 radical (unpaired) electrons. The second-order valence-corrected chi connectivity index (χ2v) is 7.94. The van der Waals surface area contributed by atoms with Gasteiger partial charge in [-0.05, 0) is 0 Å². The van der Waals surface area contributed by atoms with Crippen molar-refractivity contribution < 1.29 is 26.3 Å². The summed E-state index contributed by atoms with van der Waals surface area (Å²) < 4.78 is 0.502. The molecule has 2 heteroatoms. The maximum atomic E-state index is 9.46. The van der Waals surface area contributed by atoms with E-state index in [4.69, 9.17) is 0 Å². The third kappa shape index (κ3) is 3.37. The summed E-state index contributed by atoms with van der Waals surface area (Å²) in [7, 11) is 0. The second kappa shape index (κ2) is 5.19. The van der Waals surface area contributed by atoms with Crippen molar-refractivity contribution in [3.8, 4) is 5.75 Å². The van der Waals surface area contributed by atoms with Crippen molar-refractivity contribution in [3.05, 3.63) is 29.3 Å². The molecule has 0 aliphatic rings. The number of aryl methyl sites for hydroxylation is 1. The number of alkyl halides is 2. The average molecular weight is 319 g/mol. The number of rotatable bonds is 4. The van der Waals surface area contributed by atoms with Crippen LogP contribution in [-0.4, -0.2) is 13.5 Å². The van der Waals surface area contributed by atoms with Crippen molar-refractivity contribution in [1.29, 1.82) is 0 Å². The fraction of sp³-hybridized carbons (Fsp3) is 0.538. The van der Waals surface area contributed by atoms with Crippen LogP contribution in [0, 0.1) is 6.92 Å². The first-order valence-corrected chi connectivity index (χ1v) is 8.53. The van der Waals surface area contributed by atoms with Crippen molar-refractivity contribution in [2.24, 2.45) is 0 Å². The molecule has 0 fully saturated rings. The van der Waals surface area contributed by atoms with Gasteiger partial charge in [-0.1, -0.05) is 0 Å². The second-order valence-electron chi connectivity index (χ2n) is 4.25. The van der Waals surface area contributed by atoms with E-state index in [1.807, 2.05) is 13.0 Å². The first kappa shape index (κ1) is 12.8. The zero-order valence-electron chi connectivity index (χ0n) is 9.97. The molecular weight excluding hydrogens is 299 g/mol. The van der Waals surface area contributed by atoms with E-state index < -0.39 is 0 Å². The van der Waals surface area contributed by atoms with Gasteiger partial charge >= 0.3 is 103 Å². The van der Waals surface area contributed by atoms with Crippen LogP contribution < -0.4 is 21.2 Å². The standard InChI is InChI=1S/C13H20IO/c1-5-13(3,14-4)9-11-6-7-12(15)10(2)8-11/h6-8,15H,5,9H2,1-4H3/q-1/t13-/m0/s1. The Kier molecular flexibility index (Phi) is 4.44. The van der Waals surface area contributed by atoms with Crippen molar-refractivity contribution in [2.75, 3.05) is 4.93 Å². The van der Waals surface area contributed by atoms with Gasteiger partial charge in [-0.25, -0.2) is 0 Å². The first-order valence-electron chi connectivity index (χ1n) is 5.30. The van der Waals surface area contributed by atoms with Gasteiger partial charge in [-0.3, -0.25) is 0 Å². The minimum atomic E-state index is 0.252. The summed E-state index contributed by atoms with van der Waals surface area (Å²) in [6.45, 7) is 6.61. The molecule has 0 aromatic heterocycles. The Balaban J connectivity index is 2.85. The molecule has 1 rings (SSSR count). The van der Waals surface area contributed by atoms with Crippen LogP contribution in [-0.2, 0) is 6.42 Å². The molecule has 0 bridgehead atoms. The van der Waals surface area contributed by atoms with Crippen LogP contribution in [0.3, 0.4) is 0 Å². The van der Waals surface area contributed by atoms with Gasteiger partial charge in [0.1, 0.15) is 0 Å². The van der Waals surface area contributed by atoms with Crippen LogP contribution in [0.4, 0.5) is 0 Å². The van der Waals surface area contributed by atoms with Crippen LogP contribution >= 0.6 is 0 Å². The van der Waals surface area contributed by atoms with Gasteiger partial charge in [0.2, 0.25) is 0 Å². The first-order chi connectivity index (χ1) is 7.00. The van der Waals surface area contributed by atoms with E-state index in [1.165, 1.54) is 12.0 Å². The molecule has 1 nitrogen and oxygen atoms in total. The van der Waals surface area contributed by atoms with Crippen molar-refractivity contribution in [1.82, 2.24) is 0 Å². The van der Waals surface area contributed by atoms with Crippen LogP contribution in [0.2, 0.25) is 0 Å². The molecule has 0 saturated carbocycles. The summed E-state index contributed by atoms with van der Waals surface area (Å²) in [6, 6.07) is 5.98. The van der Waals surface area contributed by atoms with Crippen LogP contribution in [0.5, 0.6) is 5.75 Å².